The Morgan fingerprint density at radius 2 is 1.43 bits per heavy atom. The van der Waals surface area contributed by atoms with Crippen LogP contribution in [0.2, 0.25) is 0 Å². The number of rotatable bonds is 0. The molecule has 0 amide bonds. The van der Waals surface area contributed by atoms with E-state index in [1.807, 2.05) is 0 Å². The van der Waals surface area contributed by atoms with Crippen LogP contribution >= 0.6 is 7.82 Å². The first-order chi connectivity index (χ1) is 2.00. The summed E-state index contributed by atoms with van der Waals surface area (Å²) in [5.74, 6) is 0. The van der Waals surface area contributed by atoms with Crippen molar-refractivity contribution >= 4 is 7.82 Å². The van der Waals surface area contributed by atoms with Crippen LogP contribution in [-0.2, 0) is 38.7 Å². The van der Waals surface area contributed by atoms with Gasteiger partial charge in [0.2, 0.25) is 0 Å². The van der Waals surface area contributed by atoms with Crippen molar-refractivity contribution in [1.29, 1.82) is 0 Å². The quantitative estimate of drug-likeness (QED) is 0.360. The van der Waals surface area contributed by atoms with E-state index in [4.69, 9.17) is 19.2 Å². The predicted molar refractivity (Wildman–Crippen MR) is 9.83 cm³/mol. The van der Waals surface area contributed by atoms with Crippen molar-refractivity contribution in [2.45, 2.75) is 0 Å². The van der Waals surface area contributed by atoms with Gasteiger partial charge in [0.05, 0.1) is 7.82 Å². The zero-order valence-corrected chi connectivity index (χ0v) is 6.03. The molecule has 0 aromatic heterocycles. The van der Waals surface area contributed by atoms with Crippen molar-refractivity contribution in [2.75, 3.05) is 0 Å². The van der Waals surface area contributed by atoms with E-state index in [-0.39, 0.29) is 34.1 Å². The second-order valence-electron chi connectivity index (χ2n) is 0.469. The molecule has 0 aliphatic heterocycles. The van der Waals surface area contributed by atoms with E-state index >= 15 is 0 Å². The van der Waals surface area contributed by atoms with E-state index in [1.54, 1.807) is 0 Å². The van der Waals surface area contributed by atoms with Gasteiger partial charge in [-0.15, -0.1) is 0 Å². The molecule has 0 atom stereocenters. The van der Waals surface area contributed by atoms with Crippen molar-refractivity contribution in [2.24, 2.45) is 0 Å². The van der Waals surface area contributed by atoms with Crippen LogP contribution in [0.5, 0.6) is 0 Å². The molecule has 0 aromatic rings. The summed E-state index contributed by atoms with van der Waals surface area (Å²) in [6.45, 7) is 0. The SMILES string of the molecule is O=P([O-])([O-])O.[Fe].[Mn+2]. The smallest absolute Gasteiger partial charge is 0.790 e. The third-order valence-electron chi connectivity index (χ3n) is 0. The Morgan fingerprint density at radius 1 is 1.43 bits per heavy atom. The van der Waals surface area contributed by atoms with E-state index in [1.165, 1.54) is 0 Å². The summed E-state index contributed by atoms with van der Waals surface area (Å²) < 4.78 is 8.66. The average molecular weight is 207 g/mol. The second-order valence-corrected chi connectivity index (χ2v) is 1.41. The maximum absolute atomic E-state index is 8.66. The summed E-state index contributed by atoms with van der Waals surface area (Å²) in [4.78, 5) is 24.3. The summed E-state index contributed by atoms with van der Waals surface area (Å²) in [7, 11) is -5.14. The maximum Gasteiger partial charge on any atom is 2.00 e. The van der Waals surface area contributed by atoms with E-state index in [2.05, 4.69) is 0 Å². The monoisotopic (exact) mass is 207 g/mol. The maximum atomic E-state index is 8.66. The molecule has 0 aliphatic rings. The van der Waals surface area contributed by atoms with Gasteiger partial charge >= 0.3 is 17.1 Å². The van der Waals surface area contributed by atoms with Crippen LogP contribution in [0.25, 0.3) is 0 Å². The van der Waals surface area contributed by atoms with Crippen molar-refractivity contribution in [3.8, 4) is 0 Å². The van der Waals surface area contributed by atoms with Crippen LogP contribution in [0.1, 0.15) is 0 Å². The van der Waals surface area contributed by atoms with Crippen molar-refractivity contribution < 1.29 is 53.4 Å². The number of hydrogen-bond acceptors (Lipinski definition) is 3. The zero-order valence-electron chi connectivity index (χ0n) is 2.85. The number of hydrogen-bond donors (Lipinski definition) is 1. The van der Waals surface area contributed by atoms with Gasteiger partial charge in [-0.2, -0.15) is 0 Å². The van der Waals surface area contributed by atoms with Crippen molar-refractivity contribution in [1.82, 2.24) is 0 Å². The van der Waals surface area contributed by atoms with Crippen LogP contribution in [0.15, 0.2) is 0 Å². The molecule has 1 N–H and O–H groups in total. The van der Waals surface area contributed by atoms with Crippen LogP contribution in [0.3, 0.4) is 0 Å². The summed E-state index contributed by atoms with van der Waals surface area (Å²) >= 11 is 0. The molecule has 1 radical (unpaired) electrons. The van der Waals surface area contributed by atoms with Gasteiger partial charge in [0.1, 0.15) is 0 Å². The molecule has 0 heterocycles. The van der Waals surface area contributed by atoms with Gasteiger partial charge in [0, 0.05) is 17.1 Å². The van der Waals surface area contributed by atoms with Gasteiger partial charge in [-0.3, -0.25) is 0 Å². The van der Waals surface area contributed by atoms with Gasteiger partial charge in [0.25, 0.3) is 0 Å². The fraction of sp³-hybridized carbons (Fsp3) is 0. The Kier molecular flexibility index (Phi) is 11.9. The van der Waals surface area contributed by atoms with E-state index in [0.717, 1.165) is 0 Å². The van der Waals surface area contributed by atoms with E-state index in [0.29, 0.717) is 0 Å². The minimum absolute atomic E-state index is 0. The summed E-state index contributed by atoms with van der Waals surface area (Å²) in [6, 6.07) is 0. The normalized spacial score (nSPS) is 8.43. The van der Waals surface area contributed by atoms with Crippen LogP contribution < -0.4 is 9.79 Å². The van der Waals surface area contributed by atoms with Gasteiger partial charge < -0.3 is 19.2 Å². The van der Waals surface area contributed by atoms with Gasteiger partial charge in [-0.05, 0) is 0 Å². The molecule has 0 aromatic carbocycles. The average Bonchev–Trinajstić information content (AvgIpc) is 0.722. The fourth-order valence-corrected chi connectivity index (χ4v) is 0. The Bertz CT molecular complexity index is 57.8. The van der Waals surface area contributed by atoms with Gasteiger partial charge in [-0.1, -0.05) is 0 Å². The second kappa shape index (κ2) is 5.29. The standard InChI is InChI=1S/Fe.Mn.H3O4P/c;;1-5(2,3)4/h;;(H3,1,2,3,4)/q;+2;/p-2. The van der Waals surface area contributed by atoms with Crippen molar-refractivity contribution in [3.05, 3.63) is 0 Å². The molecular formula is HFeMnO4P. The molecule has 0 rings (SSSR count). The van der Waals surface area contributed by atoms with Crippen molar-refractivity contribution in [3.63, 3.8) is 0 Å². The van der Waals surface area contributed by atoms with E-state index < -0.39 is 7.82 Å². The third kappa shape index (κ3) is 144. The largest absolute Gasteiger partial charge is 2.00 e. The first kappa shape index (κ1) is 15.7. The molecule has 0 saturated carbocycles. The molecule has 0 spiro atoms. The van der Waals surface area contributed by atoms with Crippen LogP contribution in [0, 0.1) is 0 Å². The molecule has 0 bridgehead atoms. The minimum atomic E-state index is -5.14. The molecule has 0 fully saturated rings. The van der Waals surface area contributed by atoms with Gasteiger partial charge in [-0.25, -0.2) is 0 Å². The molecule has 0 aliphatic carbocycles. The molecule has 0 saturated heterocycles. The third-order valence-corrected chi connectivity index (χ3v) is 0. The minimum Gasteiger partial charge on any atom is -0.790 e. The molecule has 7 heavy (non-hydrogen) atoms. The zero-order chi connectivity index (χ0) is 4.50. The Balaban J connectivity index is -0.0000000800. The summed E-state index contributed by atoms with van der Waals surface area (Å²) in [5.41, 5.74) is 0. The predicted octanol–water partition coefficient (Wildman–Crippen LogP) is -2.20. The van der Waals surface area contributed by atoms with Crippen LogP contribution in [-0.4, -0.2) is 4.89 Å². The Labute approximate surface area is 61.5 Å². The summed E-state index contributed by atoms with van der Waals surface area (Å²) in [6.07, 6.45) is 0. The summed E-state index contributed by atoms with van der Waals surface area (Å²) in [5, 5.41) is 0. The van der Waals surface area contributed by atoms with Gasteiger partial charge in [0.15, 0.2) is 0 Å². The first-order valence-corrected chi connectivity index (χ1v) is 2.24. The number of phosphoric acid groups is 1. The molecule has 45 valence electrons. The fourth-order valence-electron chi connectivity index (χ4n) is 0. The molecule has 0 unspecified atom stereocenters. The topological polar surface area (TPSA) is 83.4 Å². The van der Waals surface area contributed by atoms with E-state index in [9.17, 15) is 0 Å². The van der Waals surface area contributed by atoms with Crippen LogP contribution in [0.4, 0.5) is 0 Å². The molecular weight excluding hydrogens is 206 g/mol. The first-order valence-electron chi connectivity index (χ1n) is 0.748. The Hall–Kier alpha value is 1.15. The Morgan fingerprint density at radius 3 is 1.43 bits per heavy atom. The molecule has 7 heteroatoms. The molecule has 4 nitrogen and oxygen atoms in total.